The van der Waals surface area contributed by atoms with E-state index in [1.54, 1.807) is 0 Å². The second-order valence-corrected chi connectivity index (χ2v) is 7.75. The van der Waals surface area contributed by atoms with Crippen molar-refractivity contribution < 1.29 is 14.2 Å². The summed E-state index contributed by atoms with van der Waals surface area (Å²) >= 11 is 1.81. The van der Waals surface area contributed by atoms with Crippen molar-refractivity contribution in [1.82, 2.24) is 15.5 Å². The number of ether oxygens (including phenoxy) is 3. The average molecular weight is 524 g/mol. The highest BCUT2D eigenvalue weighted by Gasteiger charge is 2.23. The third kappa shape index (κ3) is 7.75. The number of nitrogens with zero attached hydrogens (tertiary/aromatic N) is 2. The molecule has 2 aliphatic rings. The first-order valence-corrected chi connectivity index (χ1v) is 10.7. The molecular weight excluding hydrogens is 491 g/mol. The quantitative estimate of drug-likeness (QED) is 0.223. The summed E-state index contributed by atoms with van der Waals surface area (Å²) in [6, 6.07) is 4.68. The molecule has 160 valence electrons. The van der Waals surface area contributed by atoms with E-state index in [4.69, 9.17) is 14.2 Å². The summed E-state index contributed by atoms with van der Waals surface area (Å²) in [5, 5.41) is 9.02. The Kier molecular flexibility index (Phi) is 11.7. The molecular formula is C19H33IN4O3S. The zero-order valence-corrected chi connectivity index (χ0v) is 19.7. The lowest BCUT2D eigenvalue weighted by Crippen LogP contribution is -2.46. The molecule has 0 bridgehead atoms. The van der Waals surface area contributed by atoms with Crippen molar-refractivity contribution in [2.45, 2.75) is 25.0 Å². The van der Waals surface area contributed by atoms with Gasteiger partial charge in [-0.25, -0.2) is 0 Å². The molecule has 2 aliphatic heterocycles. The van der Waals surface area contributed by atoms with Crippen LogP contribution in [-0.2, 0) is 14.2 Å². The number of morpholine rings is 1. The van der Waals surface area contributed by atoms with E-state index in [1.165, 1.54) is 4.88 Å². The molecule has 0 saturated carbocycles. The minimum absolute atomic E-state index is 0. The van der Waals surface area contributed by atoms with Gasteiger partial charge in [-0.05, 0) is 24.3 Å². The summed E-state index contributed by atoms with van der Waals surface area (Å²) < 4.78 is 16.6. The molecule has 3 heterocycles. The van der Waals surface area contributed by atoms with Gasteiger partial charge in [0.25, 0.3) is 0 Å². The van der Waals surface area contributed by atoms with Crippen molar-refractivity contribution in [2.75, 3.05) is 66.3 Å². The van der Waals surface area contributed by atoms with Gasteiger partial charge in [0, 0.05) is 51.3 Å². The molecule has 9 heteroatoms. The zero-order valence-electron chi connectivity index (χ0n) is 16.6. The third-order valence-corrected chi connectivity index (χ3v) is 5.87. The smallest absolute Gasteiger partial charge is 0.191 e. The second kappa shape index (κ2) is 13.7. The summed E-state index contributed by atoms with van der Waals surface area (Å²) in [5.41, 5.74) is 0. The lowest BCUT2D eigenvalue weighted by molar-refractivity contribution is 0.0177. The molecule has 1 aromatic rings. The van der Waals surface area contributed by atoms with Crippen LogP contribution >= 0.6 is 35.3 Å². The SMILES string of the molecule is CN=C(NCCCOC1CCOC1)NCC(c1cccs1)N1CCOCC1.I. The van der Waals surface area contributed by atoms with Crippen LogP contribution in [0.3, 0.4) is 0 Å². The Bertz CT molecular complexity index is 549. The monoisotopic (exact) mass is 524 g/mol. The Balaban J connectivity index is 0.00000280. The molecule has 1 aromatic heterocycles. The molecule has 2 atom stereocenters. The van der Waals surface area contributed by atoms with E-state index >= 15 is 0 Å². The van der Waals surface area contributed by atoms with Gasteiger partial charge in [-0.2, -0.15) is 0 Å². The molecule has 0 spiro atoms. The summed E-state index contributed by atoms with van der Waals surface area (Å²) in [6.45, 7) is 7.54. The van der Waals surface area contributed by atoms with Gasteiger partial charge in [0.15, 0.2) is 5.96 Å². The normalized spacial score (nSPS) is 21.9. The number of halogens is 1. The predicted octanol–water partition coefficient (Wildman–Crippen LogP) is 2.10. The number of rotatable bonds is 9. The minimum atomic E-state index is 0. The van der Waals surface area contributed by atoms with Crippen molar-refractivity contribution >= 4 is 41.3 Å². The fourth-order valence-corrected chi connectivity index (χ4v) is 4.23. The first-order valence-electron chi connectivity index (χ1n) is 9.86. The maximum absolute atomic E-state index is 5.80. The highest BCUT2D eigenvalue weighted by molar-refractivity contribution is 14.0. The molecule has 2 saturated heterocycles. The number of hydrogen-bond acceptors (Lipinski definition) is 6. The molecule has 0 aromatic carbocycles. The summed E-state index contributed by atoms with van der Waals surface area (Å²) in [4.78, 5) is 8.23. The largest absolute Gasteiger partial charge is 0.379 e. The summed E-state index contributed by atoms with van der Waals surface area (Å²) in [7, 11) is 1.82. The van der Waals surface area contributed by atoms with E-state index in [1.807, 2.05) is 18.4 Å². The van der Waals surface area contributed by atoms with Crippen LogP contribution in [0.15, 0.2) is 22.5 Å². The Morgan fingerprint density at radius 2 is 2.18 bits per heavy atom. The van der Waals surface area contributed by atoms with E-state index < -0.39 is 0 Å². The molecule has 28 heavy (non-hydrogen) atoms. The average Bonchev–Trinajstić information content (AvgIpc) is 3.41. The zero-order chi connectivity index (χ0) is 18.7. The van der Waals surface area contributed by atoms with Crippen LogP contribution in [0.25, 0.3) is 0 Å². The topological polar surface area (TPSA) is 67.4 Å². The molecule has 2 unspecified atom stereocenters. The lowest BCUT2D eigenvalue weighted by Gasteiger charge is -2.34. The Hall–Kier alpha value is -0.460. The van der Waals surface area contributed by atoms with E-state index in [2.05, 4.69) is 38.0 Å². The highest BCUT2D eigenvalue weighted by atomic mass is 127. The van der Waals surface area contributed by atoms with Crippen LogP contribution in [0, 0.1) is 0 Å². The molecule has 3 rings (SSSR count). The van der Waals surface area contributed by atoms with Crippen molar-refractivity contribution in [3.05, 3.63) is 22.4 Å². The summed E-state index contributed by atoms with van der Waals surface area (Å²) in [6.07, 6.45) is 2.25. The second-order valence-electron chi connectivity index (χ2n) is 6.77. The molecule has 2 fully saturated rings. The van der Waals surface area contributed by atoms with Crippen LogP contribution < -0.4 is 10.6 Å². The number of aliphatic imine (C=N–C) groups is 1. The number of nitrogens with one attached hydrogen (secondary N) is 2. The fraction of sp³-hybridized carbons (Fsp3) is 0.737. The van der Waals surface area contributed by atoms with Crippen molar-refractivity contribution in [3.8, 4) is 0 Å². The fourth-order valence-electron chi connectivity index (χ4n) is 3.37. The van der Waals surface area contributed by atoms with E-state index in [0.717, 1.165) is 78.0 Å². The van der Waals surface area contributed by atoms with Crippen molar-refractivity contribution in [1.29, 1.82) is 0 Å². The molecule has 0 aliphatic carbocycles. The third-order valence-electron chi connectivity index (χ3n) is 4.90. The molecule has 0 radical (unpaired) electrons. The summed E-state index contributed by atoms with van der Waals surface area (Å²) in [5.74, 6) is 0.842. The van der Waals surface area contributed by atoms with Gasteiger partial charge in [0.1, 0.15) is 0 Å². The lowest BCUT2D eigenvalue weighted by atomic mass is 10.2. The van der Waals surface area contributed by atoms with E-state index in [0.29, 0.717) is 6.04 Å². The highest BCUT2D eigenvalue weighted by Crippen LogP contribution is 2.25. The standard InChI is InChI=1S/C19H32N4O3S.HI/c1-20-19(21-6-3-9-26-16-5-10-25-15-16)22-14-17(18-4-2-13-27-18)23-7-11-24-12-8-23;/h2,4,13,16-17H,3,5-12,14-15H2,1H3,(H2,20,21,22);1H. The van der Waals surface area contributed by atoms with Gasteiger partial charge in [-0.15, -0.1) is 35.3 Å². The van der Waals surface area contributed by atoms with Crippen LogP contribution in [-0.4, -0.2) is 83.2 Å². The van der Waals surface area contributed by atoms with E-state index in [9.17, 15) is 0 Å². The Labute approximate surface area is 189 Å². The Morgan fingerprint density at radius 1 is 1.32 bits per heavy atom. The van der Waals surface area contributed by atoms with Gasteiger partial charge in [-0.1, -0.05) is 6.07 Å². The van der Waals surface area contributed by atoms with Gasteiger partial charge in [-0.3, -0.25) is 9.89 Å². The first kappa shape index (κ1) is 23.8. The van der Waals surface area contributed by atoms with Crippen LogP contribution in [0.2, 0.25) is 0 Å². The Morgan fingerprint density at radius 3 is 2.86 bits per heavy atom. The minimum Gasteiger partial charge on any atom is -0.379 e. The van der Waals surface area contributed by atoms with Crippen LogP contribution in [0.4, 0.5) is 0 Å². The maximum atomic E-state index is 5.80. The van der Waals surface area contributed by atoms with E-state index in [-0.39, 0.29) is 30.1 Å². The van der Waals surface area contributed by atoms with Gasteiger partial charge >= 0.3 is 0 Å². The number of thiophene rings is 1. The van der Waals surface area contributed by atoms with Gasteiger partial charge in [0.05, 0.1) is 32.0 Å². The van der Waals surface area contributed by atoms with Gasteiger partial charge in [0.2, 0.25) is 0 Å². The van der Waals surface area contributed by atoms with Crippen molar-refractivity contribution in [3.63, 3.8) is 0 Å². The van der Waals surface area contributed by atoms with Crippen LogP contribution in [0.5, 0.6) is 0 Å². The van der Waals surface area contributed by atoms with Crippen LogP contribution in [0.1, 0.15) is 23.8 Å². The maximum Gasteiger partial charge on any atom is 0.191 e. The number of hydrogen-bond donors (Lipinski definition) is 2. The molecule has 7 nitrogen and oxygen atoms in total. The first-order chi connectivity index (χ1) is 13.4. The predicted molar refractivity (Wildman–Crippen MR) is 124 cm³/mol. The molecule has 0 amide bonds. The van der Waals surface area contributed by atoms with Gasteiger partial charge < -0.3 is 24.8 Å². The molecule has 2 N–H and O–H groups in total. The number of guanidine groups is 1. The van der Waals surface area contributed by atoms with Crippen molar-refractivity contribution in [2.24, 2.45) is 4.99 Å².